The van der Waals surface area contributed by atoms with Crippen LogP contribution in [-0.2, 0) is 11.2 Å². The summed E-state index contributed by atoms with van der Waals surface area (Å²) >= 11 is 0. The number of nitrogens with zero attached hydrogens (tertiary/aromatic N) is 2. The van der Waals surface area contributed by atoms with Gasteiger partial charge < -0.3 is 4.90 Å². The Morgan fingerprint density at radius 3 is 2.21 bits per heavy atom. The summed E-state index contributed by atoms with van der Waals surface area (Å²) in [5, 5.41) is 0. The molecule has 2 aromatic rings. The van der Waals surface area contributed by atoms with Crippen LogP contribution in [-0.4, -0.2) is 35.2 Å². The number of hydrogen-bond donors (Lipinski definition) is 0. The van der Waals surface area contributed by atoms with E-state index in [1.807, 2.05) is 24.3 Å². The lowest BCUT2D eigenvalue weighted by molar-refractivity contribution is -0.121. The predicted molar refractivity (Wildman–Crippen MR) is 88.9 cm³/mol. The van der Waals surface area contributed by atoms with E-state index in [1.54, 1.807) is 36.1 Å². The summed E-state index contributed by atoms with van der Waals surface area (Å²) < 4.78 is 0. The average molecular weight is 320 g/mol. The van der Waals surface area contributed by atoms with Crippen LogP contribution in [0.3, 0.4) is 0 Å². The van der Waals surface area contributed by atoms with Gasteiger partial charge in [-0.3, -0.25) is 19.3 Å². The van der Waals surface area contributed by atoms with Crippen molar-refractivity contribution in [3.63, 3.8) is 0 Å². The first-order valence-corrected chi connectivity index (χ1v) is 7.96. The monoisotopic (exact) mass is 320 g/mol. The van der Waals surface area contributed by atoms with Crippen molar-refractivity contribution >= 4 is 23.4 Å². The standard InChI is InChI=1S/C19H16N2O3/c1-12(17(22)20-11-10-13-6-2-5-9-16(13)20)21-18(23)14-7-3-4-8-15(14)19(21)24/h2-9,12H,10-11H2,1H3/t12-/m0/s1. The third-order valence-corrected chi connectivity index (χ3v) is 4.72. The Hall–Kier alpha value is -2.95. The molecule has 0 aromatic heterocycles. The van der Waals surface area contributed by atoms with Gasteiger partial charge in [0.15, 0.2) is 0 Å². The summed E-state index contributed by atoms with van der Waals surface area (Å²) in [5.74, 6) is -1.03. The van der Waals surface area contributed by atoms with E-state index >= 15 is 0 Å². The van der Waals surface area contributed by atoms with Gasteiger partial charge >= 0.3 is 0 Å². The first-order valence-electron chi connectivity index (χ1n) is 7.96. The number of carbonyl (C=O) groups excluding carboxylic acids is 3. The Morgan fingerprint density at radius 2 is 1.54 bits per heavy atom. The molecule has 4 rings (SSSR count). The lowest BCUT2D eigenvalue weighted by atomic mass is 10.1. The van der Waals surface area contributed by atoms with Gasteiger partial charge in [0.2, 0.25) is 5.91 Å². The maximum atomic E-state index is 12.9. The zero-order chi connectivity index (χ0) is 16.8. The summed E-state index contributed by atoms with van der Waals surface area (Å²) in [4.78, 5) is 40.8. The van der Waals surface area contributed by atoms with Crippen LogP contribution in [0.4, 0.5) is 5.69 Å². The van der Waals surface area contributed by atoms with Crippen molar-refractivity contribution in [3.05, 3.63) is 65.2 Å². The average Bonchev–Trinajstić information content (AvgIpc) is 3.14. The minimum absolute atomic E-state index is 0.227. The number of para-hydroxylation sites is 1. The molecule has 3 amide bonds. The minimum atomic E-state index is -0.830. The van der Waals surface area contributed by atoms with Crippen LogP contribution in [0.1, 0.15) is 33.2 Å². The zero-order valence-electron chi connectivity index (χ0n) is 13.2. The highest BCUT2D eigenvalue weighted by molar-refractivity contribution is 6.23. The molecular formula is C19H16N2O3. The number of fused-ring (bicyclic) bond motifs is 2. The molecule has 120 valence electrons. The van der Waals surface area contributed by atoms with Gasteiger partial charge in [-0.2, -0.15) is 0 Å². The number of hydrogen-bond acceptors (Lipinski definition) is 3. The second-order valence-electron chi connectivity index (χ2n) is 6.07. The van der Waals surface area contributed by atoms with E-state index in [1.165, 1.54) is 0 Å². The maximum absolute atomic E-state index is 12.9. The molecule has 2 aliphatic heterocycles. The van der Waals surface area contributed by atoms with Crippen LogP contribution in [0.5, 0.6) is 0 Å². The van der Waals surface area contributed by atoms with Crippen LogP contribution in [0.2, 0.25) is 0 Å². The fourth-order valence-electron chi connectivity index (χ4n) is 3.46. The van der Waals surface area contributed by atoms with E-state index in [9.17, 15) is 14.4 Å². The van der Waals surface area contributed by atoms with E-state index < -0.39 is 17.9 Å². The molecule has 0 unspecified atom stereocenters. The minimum Gasteiger partial charge on any atom is -0.310 e. The molecule has 0 aliphatic carbocycles. The highest BCUT2D eigenvalue weighted by Gasteiger charge is 2.42. The third-order valence-electron chi connectivity index (χ3n) is 4.72. The fraction of sp³-hybridized carbons (Fsp3) is 0.211. The van der Waals surface area contributed by atoms with Gasteiger partial charge in [-0.25, -0.2) is 0 Å². The number of imide groups is 1. The van der Waals surface area contributed by atoms with Crippen LogP contribution in [0.15, 0.2) is 48.5 Å². The van der Waals surface area contributed by atoms with Gasteiger partial charge in [0, 0.05) is 12.2 Å². The summed E-state index contributed by atoms with van der Waals surface area (Å²) in [7, 11) is 0. The second kappa shape index (κ2) is 5.30. The number of anilines is 1. The molecular weight excluding hydrogens is 304 g/mol. The second-order valence-corrected chi connectivity index (χ2v) is 6.07. The zero-order valence-corrected chi connectivity index (χ0v) is 13.2. The van der Waals surface area contributed by atoms with E-state index in [0.717, 1.165) is 22.6 Å². The molecule has 0 fully saturated rings. The third kappa shape index (κ3) is 1.98. The van der Waals surface area contributed by atoms with Gasteiger partial charge in [-0.1, -0.05) is 30.3 Å². The highest BCUT2D eigenvalue weighted by atomic mass is 16.2. The molecule has 0 bridgehead atoms. The SMILES string of the molecule is C[C@@H](C(=O)N1CCc2ccccc21)N1C(=O)c2ccccc2C1=O. The van der Waals surface area contributed by atoms with Crippen molar-refractivity contribution in [2.45, 2.75) is 19.4 Å². The van der Waals surface area contributed by atoms with Gasteiger partial charge in [-0.15, -0.1) is 0 Å². The highest BCUT2D eigenvalue weighted by Crippen LogP contribution is 2.30. The lowest BCUT2D eigenvalue weighted by Gasteiger charge is -2.27. The Morgan fingerprint density at radius 1 is 0.958 bits per heavy atom. The Labute approximate surface area is 139 Å². The normalized spacial score (nSPS) is 17.0. The quantitative estimate of drug-likeness (QED) is 0.798. The van der Waals surface area contributed by atoms with E-state index in [2.05, 4.69) is 0 Å². The summed E-state index contributed by atoms with van der Waals surface area (Å²) in [6.45, 7) is 2.19. The van der Waals surface area contributed by atoms with Crippen molar-refractivity contribution in [1.29, 1.82) is 0 Å². The van der Waals surface area contributed by atoms with Crippen molar-refractivity contribution in [3.8, 4) is 0 Å². The Balaban J connectivity index is 1.64. The van der Waals surface area contributed by atoms with E-state index in [-0.39, 0.29) is 5.91 Å². The molecule has 5 nitrogen and oxygen atoms in total. The predicted octanol–water partition coefficient (Wildman–Crippen LogP) is 2.26. The van der Waals surface area contributed by atoms with Gasteiger partial charge in [0.25, 0.3) is 11.8 Å². The van der Waals surface area contributed by atoms with Crippen LogP contribution in [0.25, 0.3) is 0 Å². The Kier molecular flexibility index (Phi) is 3.23. The first kappa shape index (κ1) is 14.6. The Bertz CT molecular complexity index is 839. The number of rotatable bonds is 2. The van der Waals surface area contributed by atoms with Crippen molar-refractivity contribution in [1.82, 2.24) is 4.90 Å². The molecule has 0 spiro atoms. The van der Waals surface area contributed by atoms with Gasteiger partial charge in [0.1, 0.15) is 6.04 Å². The molecule has 1 atom stereocenters. The van der Waals surface area contributed by atoms with Crippen molar-refractivity contribution in [2.75, 3.05) is 11.4 Å². The smallest absolute Gasteiger partial charge is 0.262 e. The molecule has 0 saturated carbocycles. The largest absolute Gasteiger partial charge is 0.310 e. The molecule has 0 saturated heterocycles. The van der Waals surface area contributed by atoms with Crippen molar-refractivity contribution < 1.29 is 14.4 Å². The topological polar surface area (TPSA) is 57.7 Å². The maximum Gasteiger partial charge on any atom is 0.262 e. The van der Waals surface area contributed by atoms with E-state index in [0.29, 0.717) is 17.7 Å². The fourth-order valence-corrected chi connectivity index (χ4v) is 3.46. The number of carbonyl (C=O) groups is 3. The number of benzene rings is 2. The lowest BCUT2D eigenvalue weighted by Crippen LogP contribution is -2.49. The van der Waals surface area contributed by atoms with E-state index in [4.69, 9.17) is 0 Å². The van der Waals surface area contributed by atoms with Gasteiger partial charge in [0.05, 0.1) is 11.1 Å². The summed E-state index contributed by atoms with van der Waals surface area (Å²) in [5.41, 5.74) is 2.71. The molecule has 24 heavy (non-hydrogen) atoms. The van der Waals surface area contributed by atoms with Crippen LogP contribution >= 0.6 is 0 Å². The molecule has 5 heteroatoms. The van der Waals surface area contributed by atoms with Crippen LogP contribution < -0.4 is 4.90 Å². The molecule has 2 heterocycles. The molecule has 2 aromatic carbocycles. The summed E-state index contributed by atoms with van der Waals surface area (Å²) in [6.07, 6.45) is 0.788. The molecule has 2 aliphatic rings. The molecule has 0 N–H and O–H groups in total. The molecule has 0 radical (unpaired) electrons. The number of amides is 3. The first-order chi connectivity index (χ1) is 11.6. The van der Waals surface area contributed by atoms with Crippen LogP contribution in [0, 0.1) is 0 Å². The van der Waals surface area contributed by atoms with Crippen molar-refractivity contribution in [2.24, 2.45) is 0 Å². The van der Waals surface area contributed by atoms with Gasteiger partial charge in [-0.05, 0) is 37.1 Å². The summed E-state index contributed by atoms with van der Waals surface area (Å²) in [6, 6.07) is 13.6.